The van der Waals surface area contributed by atoms with Gasteiger partial charge in [0.2, 0.25) is 0 Å². The number of nitrogens with zero attached hydrogens (tertiary/aromatic N) is 5. The largest absolute Gasteiger partial charge is 0.445 e. The molecule has 1 amide bonds. The highest BCUT2D eigenvalue weighted by atomic mass is 35.5. The third kappa shape index (κ3) is 6.41. The molecule has 12 heteroatoms. The van der Waals surface area contributed by atoms with Gasteiger partial charge in [0.25, 0.3) is 0 Å². The van der Waals surface area contributed by atoms with Gasteiger partial charge in [0.15, 0.2) is 5.82 Å². The summed E-state index contributed by atoms with van der Waals surface area (Å²) in [4.78, 5) is 23.0. The van der Waals surface area contributed by atoms with Gasteiger partial charge in [-0.25, -0.2) is 19.2 Å². The van der Waals surface area contributed by atoms with Crippen LogP contribution in [0.3, 0.4) is 0 Å². The van der Waals surface area contributed by atoms with E-state index in [9.17, 15) is 9.18 Å². The summed E-state index contributed by atoms with van der Waals surface area (Å²) in [5, 5.41) is 12.2. The van der Waals surface area contributed by atoms with Gasteiger partial charge in [-0.3, -0.25) is 10.00 Å². The maximum atomic E-state index is 13.6. The molecule has 2 unspecified atom stereocenters. The van der Waals surface area contributed by atoms with Crippen LogP contribution in [0, 0.1) is 17.7 Å². The highest BCUT2D eigenvalue weighted by Gasteiger charge is 2.26. The highest BCUT2D eigenvalue weighted by Crippen LogP contribution is 2.31. The van der Waals surface area contributed by atoms with E-state index < -0.39 is 0 Å². The van der Waals surface area contributed by atoms with Crippen molar-refractivity contribution >= 4 is 62.5 Å². The van der Waals surface area contributed by atoms with Gasteiger partial charge >= 0.3 is 6.09 Å². The average molecular weight is 592 g/mol. The van der Waals surface area contributed by atoms with Crippen LogP contribution in [0.5, 0.6) is 0 Å². The first-order valence-corrected chi connectivity index (χ1v) is 13.6. The molecule has 2 N–H and O–H groups in total. The van der Waals surface area contributed by atoms with E-state index in [1.165, 1.54) is 34.7 Å². The SMILES string of the molecule is CN(C)C(=O)OC1CNC(C#Cc2cc3ncnc(Nc4ccc5c(cnn5Cc5cccc(F)c5)c4)c3s2)C1.Cl. The van der Waals surface area contributed by atoms with E-state index in [2.05, 4.69) is 37.5 Å². The predicted octanol–water partition coefficient (Wildman–Crippen LogP) is 5.17. The zero-order chi connectivity index (χ0) is 27.6. The first-order valence-electron chi connectivity index (χ1n) is 12.8. The number of hydrogen-bond donors (Lipinski definition) is 2. The number of anilines is 2. The van der Waals surface area contributed by atoms with Gasteiger partial charge in [-0.05, 0) is 42.0 Å². The summed E-state index contributed by atoms with van der Waals surface area (Å²) in [6.45, 7) is 1.07. The van der Waals surface area contributed by atoms with Crippen LogP contribution in [0.2, 0.25) is 0 Å². The third-order valence-electron chi connectivity index (χ3n) is 6.53. The Bertz CT molecular complexity index is 1780. The summed E-state index contributed by atoms with van der Waals surface area (Å²) in [5.74, 6) is 6.93. The van der Waals surface area contributed by atoms with Crippen molar-refractivity contribution < 1.29 is 13.9 Å². The molecule has 2 atom stereocenters. The van der Waals surface area contributed by atoms with Crippen LogP contribution in [0.1, 0.15) is 16.9 Å². The minimum atomic E-state index is -0.347. The Morgan fingerprint density at radius 2 is 2.12 bits per heavy atom. The second-order valence-electron chi connectivity index (χ2n) is 9.74. The van der Waals surface area contributed by atoms with Crippen LogP contribution >= 0.6 is 23.7 Å². The smallest absolute Gasteiger partial charge is 0.409 e. The number of fused-ring (bicyclic) bond motifs is 2. The molecule has 0 radical (unpaired) electrons. The van der Waals surface area contributed by atoms with Gasteiger partial charge in [0, 0.05) is 38.1 Å². The summed E-state index contributed by atoms with van der Waals surface area (Å²) < 4.78 is 21.8. The standard InChI is InChI=1S/C29H26FN7O2S.ClH/c1-36(2)29(38)39-23-12-21(31-15-23)6-8-24-13-25-27(40-24)28(33-17-32-25)35-22-7-9-26-19(11-22)14-34-37(26)16-18-4-3-5-20(30)10-18;/h3-5,7,9-11,13-14,17,21,23,31H,12,15-16H2,1-2H3,(H,32,33,35);1H. The Morgan fingerprint density at radius 1 is 1.24 bits per heavy atom. The van der Waals surface area contributed by atoms with Gasteiger partial charge in [0.1, 0.15) is 18.2 Å². The number of amides is 1. The Hall–Kier alpha value is -4.24. The molecule has 4 heterocycles. The minimum Gasteiger partial charge on any atom is -0.445 e. The maximum absolute atomic E-state index is 13.6. The first kappa shape index (κ1) is 28.3. The molecule has 6 rings (SSSR count). The molecule has 3 aromatic heterocycles. The number of thiophene rings is 1. The molecule has 0 bridgehead atoms. The molecule has 1 aliphatic rings. The van der Waals surface area contributed by atoms with Crippen LogP contribution in [-0.2, 0) is 11.3 Å². The number of benzene rings is 2. The van der Waals surface area contributed by atoms with Gasteiger partial charge in [-0.1, -0.05) is 24.0 Å². The Labute approximate surface area is 246 Å². The van der Waals surface area contributed by atoms with Crippen molar-refractivity contribution in [1.82, 2.24) is 30.0 Å². The number of hydrogen-bond acceptors (Lipinski definition) is 8. The number of halogens is 2. The van der Waals surface area contributed by atoms with Crippen LogP contribution in [-0.4, -0.2) is 63.5 Å². The summed E-state index contributed by atoms with van der Waals surface area (Å²) >= 11 is 1.52. The van der Waals surface area contributed by atoms with Gasteiger partial charge in [0.05, 0.1) is 39.4 Å². The van der Waals surface area contributed by atoms with E-state index in [-0.39, 0.29) is 36.5 Å². The van der Waals surface area contributed by atoms with Crippen LogP contribution in [0.25, 0.3) is 21.1 Å². The fourth-order valence-electron chi connectivity index (χ4n) is 4.55. The summed E-state index contributed by atoms with van der Waals surface area (Å²) in [6, 6.07) is 14.4. The van der Waals surface area contributed by atoms with Crippen LogP contribution < -0.4 is 10.6 Å². The second-order valence-corrected chi connectivity index (χ2v) is 10.8. The Balaban J connectivity index is 0.00000337. The van der Waals surface area contributed by atoms with Crippen LogP contribution in [0.4, 0.5) is 20.7 Å². The molecule has 9 nitrogen and oxygen atoms in total. The highest BCUT2D eigenvalue weighted by molar-refractivity contribution is 7.20. The number of aromatic nitrogens is 4. The van der Waals surface area contributed by atoms with E-state index in [1.54, 1.807) is 26.4 Å². The van der Waals surface area contributed by atoms with Crippen LogP contribution in [0.15, 0.2) is 61.1 Å². The van der Waals surface area contributed by atoms with E-state index >= 15 is 0 Å². The van der Waals surface area contributed by atoms with E-state index in [0.717, 1.165) is 37.2 Å². The Morgan fingerprint density at radius 3 is 2.95 bits per heavy atom. The predicted molar refractivity (Wildman–Crippen MR) is 160 cm³/mol. The van der Waals surface area contributed by atoms with Crippen molar-refractivity contribution in [3.63, 3.8) is 0 Å². The lowest BCUT2D eigenvalue weighted by Gasteiger charge is -2.15. The molecule has 0 saturated carbocycles. The molecule has 1 fully saturated rings. The van der Waals surface area contributed by atoms with Gasteiger partial charge < -0.3 is 15.0 Å². The first-order chi connectivity index (χ1) is 19.4. The summed E-state index contributed by atoms with van der Waals surface area (Å²) in [6.07, 6.45) is 3.44. The van der Waals surface area contributed by atoms with E-state index in [0.29, 0.717) is 25.3 Å². The van der Waals surface area contributed by atoms with Crippen molar-refractivity contribution in [3.8, 4) is 11.8 Å². The molecule has 2 aromatic carbocycles. The average Bonchev–Trinajstić information content (AvgIpc) is 3.66. The third-order valence-corrected chi connectivity index (χ3v) is 7.58. The zero-order valence-electron chi connectivity index (χ0n) is 22.3. The molecule has 1 saturated heterocycles. The van der Waals surface area contributed by atoms with Crippen molar-refractivity contribution in [3.05, 3.63) is 77.3 Å². The minimum absolute atomic E-state index is 0. The van der Waals surface area contributed by atoms with Gasteiger partial charge in [-0.15, -0.1) is 23.7 Å². The van der Waals surface area contributed by atoms with Crippen molar-refractivity contribution in [2.75, 3.05) is 26.0 Å². The summed E-state index contributed by atoms with van der Waals surface area (Å²) in [7, 11) is 3.33. The molecular formula is C29H27ClFN7O2S. The molecule has 0 aliphatic carbocycles. The molecule has 41 heavy (non-hydrogen) atoms. The molecule has 210 valence electrons. The lowest BCUT2D eigenvalue weighted by molar-refractivity contribution is 0.0826. The second kappa shape index (κ2) is 12.1. The normalized spacial score (nSPS) is 16.2. The lowest BCUT2D eigenvalue weighted by atomic mass is 10.2. The van der Waals surface area contributed by atoms with Crippen molar-refractivity contribution in [2.45, 2.75) is 25.1 Å². The maximum Gasteiger partial charge on any atom is 0.409 e. The topological polar surface area (TPSA) is 97.2 Å². The fourth-order valence-corrected chi connectivity index (χ4v) is 5.47. The monoisotopic (exact) mass is 591 g/mol. The number of carbonyl (C=O) groups excluding carboxylic acids is 1. The molecule has 0 spiro atoms. The number of nitrogens with one attached hydrogen (secondary N) is 2. The van der Waals surface area contributed by atoms with Crippen molar-refractivity contribution in [2.24, 2.45) is 0 Å². The number of carbonyl (C=O) groups is 1. The molecular weight excluding hydrogens is 565 g/mol. The number of rotatable bonds is 5. The van der Waals surface area contributed by atoms with E-state index in [4.69, 9.17) is 4.74 Å². The zero-order valence-corrected chi connectivity index (χ0v) is 23.9. The molecule has 1 aliphatic heterocycles. The lowest BCUT2D eigenvalue weighted by Crippen LogP contribution is -2.29. The number of ether oxygens (including phenoxy) is 1. The fraction of sp³-hybridized carbons (Fsp3) is 0.241. The summed E-state index contributed by atoms with van der Waals surface area (Å²) in [5.41, 5.74) is 3.49. The van der Waals surface area contributed by atoms with Crippen molar-refractivity contribution in [1.29, 1.82) is 0 Å². The Kier molecular flexibility index (Phi) is 8.35. The molecule has 5 aromatic rings. The van der Waals surface area contributed by atoms with E-state index in [1.807, 2.05) is 35.0 Å². The quantitative estimate of drug-likeness (QED) is 0.272. The van der Waals surface area contributed by atoms with Gasteiger partial charge in [-0.2, -0.15) is 5.10 Å².